The molecule has 0 atom stereocenters. The number of aryl methyl sites for hydroxylation is 2. The number of rotatable bonds is 3. The van der Waals surface area contributed by atoms with Crippen molar-refractivity contribution < 1.29 is 14.0 Å². The number of primary amides is 1. The highest BCUT2D eigenvalue weighted by Gasteiger charge is 2.15. The Morgan fingerprint density at radius 2 is 1.77 bits per heavy atom. The fourth-order valence-corrected chi connectivity index (χ4v) is 2.21. The molecule has 0 spiro atoms. The number of nitrogens with one attached hydrogen (secondary N) is 1. The predicted molar refractivity (Wildman–Crippen MR) is 83.5 cm³/mol. The van der Waals surface area contributed by atoms with Crippen LogP contribution < -0.4 is 11.1 Å². The highest BCUT2D eigenvalue weighted by Crippen LogP contribution is 2.22. The second-order valence-electron chi connectivity index (χ2n) is 5.27. The van der Waals surface area contributed by atoms with E-state index < -0.39 is 11.7 Å². The van der Waals surface area contributed by atoms with Crippen molar-refractivity contribution in [3.8, 4) is 0 Å². The van der Waals surface area contributed by atoms with Gasteiger partial charge in [-0.1, -0.05) is 17.7 Å². The zero-order valence-electron chi connectivity index (χ0n) is 12.7. The maximum atomic E-state index is 13.8. The van der Waals surface area contributed by atoms with Crippen molar-refractivity contribution in [1.29, 1.82) is 0 Å². The van der Waals surface area contributed by atoms with E-state index >= 15 is 0 Å². The van der Waals surface area contributed by atoms with Gasteiger partial charge in [-0.3, -0.25) is 9.59 Å². The monoisotopic (exact) mass is 300 g/mol. The molecule has 2 aromatic carbocycles. The Labute approximate surface area is 128 Å². The summed E-state index contributed by atoms with van der Waals surface area (Å²) in [5.41, 5.74) is 8.03. The van der Waals surface area contributed by atoms with Crippen molar-refractivity contribution in [3.63, 3.8) is 0 Å². The first-order valence-electron chi connectivity index (χ1n) is 6.78. The van der Waals surface area contributed by atoms with Gasteiger partial charge in [-0.2, -0.15) is 0 Å². The highest BCUT2D eigenvalue weighted by atomic mass is 19.1. The molecule has 2 aromatic rings. The van der Waals surface area contributed by atoms with Crippen LogP contribution in [-0.4, -0.2) is 11.8 Å². The molecule has 3 N–H and O–H groups in total. The second kappa shape index (κ2) is 5.97. The Morgan fingerprint density at radius 1 is 1.09 bits per heavy atom. The lowest BCUT2D eigenvalue weighted by molar-refractivity contribution is 0.0995. The number of hydrogen-bond donors (Lipinski definition) is 2. The van der Waals surface area contributed by atoms with E-state index in [9.17, 15) is 14.0 Å². The Kier molecular flexibility index (Phi) is 4.26. The van der Waals surface area contributed by atoms with E-state index in [0.29, 0.717) is 5.56 Å². The number of amides is 2. The molecule has 4 nitrogen and oxygen atoms in total. The smallest absolute Gasteiger partial charge is 0.255 e. The van der Waals surface area contributed by atoms with Gasteiger partial charge in [0.2, 0.25) is 5.91 Å². The molecule has 0 fully saturated rings. The molecule has 0 aromatic heterocycles. The second-order valence-corrected chi connectivity index (χ2v) is 5.27. The fourth-order valence-electron chi connectivity index (χ4n) is 2.21. The molecule has 2 amide bonds. The zero-order valence-corrected chi connectivity index (χ0v) is 12.7. The molecule has 0 saturated heterocycles. The van der Waals surface area contributed by atoms with Crippen LogP contribution in [-0.2, 0) is 0 Å². The minimum atomic E-state index is -0.749. The van der Waals surface area contributed by atoms with Gasteiger partial charge in [0.25, 0.3) is 5.91 Å². The van der Waals surface area contributed by atoms with Crippen LogP contribution in [0.2, 0.25) is 0 Å². The minimum absolute atomic E-state index is 0.0130. The third-order valence-electron chi connectivity index (χ3n) is 3.50. The van der Waals surface area contributed by atoms with Crippen molar-refractivity contribution in [2.75, 3.05) is 5.32 Å². The van der Waals surface area contributed by atoms with Gasteiger partial charge in [0.05, 0.1) is 0 Å². The SMILES string of the molecule is Cc1ccc(C(=O)Nc2cc(C(N)=O)cc(F)c2C)c(C)c1. The third-order valence-corrected chi connectivity index (χ3v) is 3.50. The first kappa shape index (κ1) is 15.7. The minimum Gasteiger partial charge on any atom is -0.366 e. The third kappa shape index (κ3) is 3.14. The summed E-state index contributed by atoms with van der Waals surface area (Å²) in [7, 11) is 0. The standard InChI is InChI=1S/C17H17FN2O2/c1-9-4-5-13(10(2)6-9)17(22)20-15-8-12(16(19)21)7-14(18)11(15)3/h4-8H,1-3H3,(H2,19,21)(H,20,22). The molecular weight excluding hydrogens is 283 g/mol. The van der Waals surface area contributed by atoms with Crippen LogP contribution in [0.25, 0.3) is 0 Å². The Bertz CT molecular complexity index is 769. The Balaban J connectivity index is 2.37. The van der Waals surface area contributed by atoms with Crippen LogP contribution >= 0.6 is 0 Å². The number of benzene rings is 2. The predicted octanol–water partition coefficient (Wildman–Crippen LogP) is 3.10. The number of carbonyl (C=O) groups is 2. The van der Waals surface area contributed by atoms with Crippen LogP contribution in [0, 0.1) is 26.6 Å². The van der Waals surface area contributed by atoms with E-state index in [1.54, 1.807) is 6.07 Å². The quantitative estimate of drug-likeness (QED) is 0.914. The summed E-state index contributed by atoms with van der Waals surface area (Å²) in [6.07, 6.45) is 0. The summed E-state index contributed by atoms with van der Waals surface area (Å²) in [6.45, 7) is 5.29. The van der Waals surface area contributed by atoms with Crippen molar-refractivity contribution >= 4 is 17.5 Å². The normalized spacial score (nSPS) is 10.4. The van der Waals surface area contributed by atoms with E-state index in [-0.39, 0.29) is 22.7 Å². The van der Waals surface area contributed by atoms with Crippen LogP contribution in [0.1, 0.15) is 37.4 Å². The number of hydrogen-bond acceptors (Lipinski definition) is 2. The molecule has 0 aliphatic carbocycles. The lowest BCUT2D eigenvalue weighted by atomic mass is 10.0. The number of anilines is 1. The first-order valence-corrected chi connectivity index (χ1v) is 6.78. The van der Waals surface area contributed by atoms with E-state index in [4.69, 9.17) is 5.73 Å². The average Bonchev–Trinajstić information content (AvgIpc) is 2.43. The Hall–Kier alpha value is -2.69. The molecule has 0 radical (unpaired) electrons. The van der Waals surface area contributed by atoms with Gasteiger partial charge in [0.1, 0.15) is 5.82 Å². The highest BCUT2D eigenvalue weighted by molar-refractivity contribution is 6.06. The van der Waals surface area contributed by atoms with Crippen LogP contribution in [0.3, 0.4) is 0 Å². The largest absolute Gasteiger partial charge is 0.366 e. The summed E-state index contributed by atoms with van der Waals surface area (Å²) in [5.74, 6) is -1.70. The summed E-state index contributed by atoms with van der Waals surface area (Å²) < 4.78 is 13.8. The van der Waals surface area contributed by atoms with Gasteiger partial charge in [-0.25, -0.2) is 4.39 Å². The molecule has 0 unspecified atom stereocenters. The molecule has 0 aliphatic rings. The number of nitrogens with two attached hydrogens (primary N) is 1. The van der Waals surface area contributed by atoms with Crippen molar-refractivity contribution in [3.05, 3.63) is 64.0 Å². The van der Waals surface area contributed by atoms with Crippen molar-refractivity contribution in [2.45, 2.75) is 20.8 Å². The van der Waals surface area contributed by atoms with E-state index in [1.807, 2.05) is 26.0 Å². The van der Waals surface area contributed by atoms with Gasteiger partial charge < -0.3 is 11.1 Å². The Morgan fingerprint density at radius 3 is 2.36 bits per heavy atom. The van der Waals surface area contributed by atoms with Crippen molar-refractivity contribution in [2.24, 2.45) is 5.73 Å². The van der Waals surface area contributed by atoms with Crippen molar-refractivity contribution in [1.82, 2.24) is 0 Å². The van der Waals surface area contributed by atoms with Gasteiger partial charge in [-0.05, 0) is 44.5 Å². The molecule has 5 heteroatoms. The molecule has 0 saturated carbocycles. The van der Waals surface area contributed by atoms with Gasteiger partial charge in [0.15, 0.2) is 0 Å². The lowest BCUT2D eigenvalue weighted by Gasteiger charge is -2.12. The lowest BCUT2D eigenvalue weighted by Crippen LogP contribution is -2.17. The molecule has 2 rings (SSSR count). The molecule has 114 valence electrons. The van der Waals surface area contributed by atoms with E-state index in [1.165, 1.54) is 13.0 Å². The summed E-state index contributed by atoms with van der Waals surface area (Å²) in [5, 5.41) is 2.64. The van der Waals surface area contributed by atoms with Gasteiger partial charge in [-0.15, -0.1) is 0 Å². The number of carbonyl (C=O) groups excluding carboxylic acids is 2. The topological polar surface area (TPSA) is 72.2 Å². The summed E-state index contributed by atoms with van der Waals surface area (Å²) in [6, 6.07) is 7.87. The maximum absolute atomic E-state index is 13.8. The van der Waals surface area contributed by atoms with E-state index in [2.05, 4.69) is 5.32 Å². The number of halogens is 1. The molecule has 0 bridgehead atoms. The van der Waals surface area contributed by atoms with Gasteiger partial charge >= 0.3 is 0 Å². The van der Waals surface area contributed by atoms with Crippen LogP contribution in [0.15, 0.2) is 30.3 Å². The molecule has 0 aliphatic heterocycles. The van der Waals surface area contributed by atoms with Gasteiger partial charge in [0, 0.05) is 22.4 Å². The molecular formula is C17H17FN2O2. The molecule has 0 heterocycles. The maximum Gasteiger partial charge on any atom is 0.255 e. The zero-order chi connectivity index (χ0) is 16.4. The summed E-state index contributed by atoms with van der Waals surface area (Å²) in [4.78, 5) is 23.5. The summed E-state index contributed by atoms with van der Waals surface area (Å²) >= 11 is 0. The van der Waals surface area contributed by atoms with Crippen LogP contribution in [0.5, 0.6) is 0 Å². The average molecular weight is 300 g/mol. The van der Waals surface area contributed by atoms with Crippen LogP contribution in [0.4, 0.5) is 10.1 Å². The fraction of sp³-hybridized carbons (Fsp3) is 0.176. The first-order chi connectivity index (χ1) is 10.3. The molecule has 22 heavy (non-hydrogen) atoms. The van der Waals surface area contributed by atoms with E-state index in [0.717, 1.165) is 17.2 Å².